The highest BCUT2D eigenvalue weighted by molar-refractivity contribution is 6.31. The zero-order valence-corrected chi connectivity index (χ0v) is 22.2. The molecule has 0 fully saturated rings. The van der Waals surface area contributed by atoms with Crippen LogP contribution in [0.3, 0.4) is 0 Å². The molecule has 3 aromatic carbocycles. The lowest BCUT2D eigenvalue weighted by molar-refractivity contribution is -0.113. The molecule has 1 aliphatic rings. The molecule has 194 valence electrons. The Hall–Kier alpha value is -4.37. The summed E-state index contributed by atoms with van der Waals surface area (Å²) in [6.07, 6.45) is 0. The Labute approximate surface area is 225 Å². The molecule has 1 aromatic heterocycles. The fourth-order valence-corrected chi connectivity index (χ4v) is 4.69. The van der Waals surface area contributed by atoms with Crippen molar-refractivity contribution in [3.05, 3.63) is 99.2 Å². The van der Waals surface area contributed by atoms with Crippen LogP contribution in [0.15, 0.2) is 71.9 Å². The van der Waals surface area contributed by atoms with Crippen molar-refractivity contribution in [3.8, 4) is 11.5 Å². The van der Waals surface area contributed by atoms with Crippen molar-refractivity contribution in [2.45, 2.75) is 33.4 Å². The lowest BCUT2D eigenvalue weighted by atomic mass is 9.94. The summed E-state index contributed by atoms with van der Waals surface area (Å²) in [6, 6.07) is 18.3. The Morgan fingerprint density at radius 1 is 1.08 bits per heavy atom. The highest BCUT2D eigenvalue weighted by atomic mass is 35.5. The number of anilines is 2. The van der Waals surface area contributed by atoms with Crippen LogP contribution in [0.25, 0.3) is 0 Å². The third-order valence-electron chi connectivity index (χ3n) is 6.43. The van der Waals surface area contributed by atoms with E-state index >= 15 is 0 Å². The van der Waals surface area contributed by atoms with Gasteiger partial charge in [-0.3, -0.25) is 4.79 Å². The summed E-state index contributed by atoms with van der Waals surface area (Å²) in [5.74, 6) is 1.23. The van der Waals surface area contributed by atoms with Crippen molar-refractivity contribution < 1.29 is 14.3 Å². The molecule has 1 amide bonds. The number of rotatable bonds is 7. The average molecular weight is 531 g/mol. The molecule has 5 rings (SSSR count). The van der Waals surface area contributed by atoms with Gasteiger partial charge in [-0.05, 0) is 66.6 Å². The molecule has 0 bridgehead atoms. The fourth-order valence-electron chi connectivity index (χ4n) is 4.50. The summed E-state index contributed by atoms with van der Waals surface area (Å²) in [4.78, 5) is 13.7. The van der Waals surface area contributed by atoms with E-state index in [1.165, 1.54) is 0 Å². The minimum Gasteiger partial charge on any atom is -0.493 e. The third-order valence-corrected chi connectivity index (χ3v) is 6.80. The highest BCUT2D eigenvalue weighted by Crippen LogP contribution is 2.39. The van der Waals surface area contributed by atoms with Crippen LogP contribution in [0, 0.1) is 13.8 Å². The number of methoxy groups -OCH3 is 1. The van der Waals surface area contributed by atoms with E-state index in [0.717, 1.165) is 27.9 Å². The van der Waals surface area contributed by atoms with Gasteiger partial charge in [-0.15, -0.1) is 0 Å². The first-order valence-corrected chi connectivity index (χ1v) is 12.4. The number of nitrogens with one attached hydrogen (secondary N) is 2. The van der Waals surface area contributed by atoms with Gasteiger partial charge < -0.3 is 20.1 Å². The third kappa shape index (κ3) is 4.92. The van der Waals surface area contributed by atoms with Crippen molar-refractivity contribution in [1.29, 1.82) is 0 Å². The predicted molar refractivity (Wildman–Crippen MR) is 146 cm³/mol. The second-order valence-corrected chi connectivity index (χ2v) is 9.48. The molecule has 2 heterocycles. The number of hydrogen-bond donors (Lipinski definition) is 2. The SMILES string of the molecule is COc1cc([C@H]2C(C(=O)Nc3ccc(C)cc3C)=C(C)Nc3nnnn32)ccc1OCc1ccccc1Cl. The van der Waals surface area contributed by atoms with Gasteiger partial charge in [0.15, 0.2) is 11.5 Å². The Morgan fingerprint density at radius 3 is 2.66 bits per heavy atom. The number of carbonyl (C=O) groups excluding carboxylic acids is 1. The Bertz CT molecular complexity index is 1550. The van der Waals surface area contributed by atoms with E-state index in [-0.39, 0.29) is 12.5 Å². The van der Waals surface area contributed by atoms with Crippen LogP contribution in [0.5, 0.6) is 11.5 Å². The van der Waals surface area contributed by atoms with E-state index in [4.69, 9.17) is 21.1 Å². The summed E-state index contributed by atoms with van der Waals surface area (Å²) in [6.45, 7) is 6.09. The van der Waals surface area contributed by atoms with Gasteiger partial charge in [0.1, 0.15) is 12.6 Å². The van der Waals surface area contributed by atoms with Crippen LogP contribution in [-0.2, 0) is 11.4 Å². The van der Waals surface area contributed by atoms with E-state index in [2.05, 4.69) is 26.2 Å². The van der Waals surface area contributed by atoms with Crippen molar-refractivity contribution in [3.63, 3.8) is 0 Å². The second-order valence-electron chi connectivity index (χ2n) is 9.08. The standard InChI is InChI=1S/C28H27ClN6O3/c1-16-9-11-22(17(2)13-16)31-27(36)25-18(3)30-28-32-33-34-35(28)26(25)19-10-12-23(24(14-19)37-4)38-15-20-7-5-6-8-21(20)29/h5-14,26H,15H2,1-4H3,(H,31,36)(H,30,32,34)/t26-/m0/s1. The number of benzene rings is 3. The van der Waals surface area contributed by atoms with E-state index < -0.39 is 6.04 Å². The molecule has 0 spiro atoms. The highest BCUT2D eigenvalue weighted by Gasteiger charge is 2.34. The van der Waals surface area contributed by atoms with Crippen LogP contribution in [0.1, 0.15) is 35.2 Å². The summed E-state index contributed by atoms with van der Waals surface area (Å²) >= 11 is 6.28. The molecule has 38 heavy (non-hydrogen) atoms. The summed E-state index contributed by atoms with van der Waals surface area (Å²) < 4.78 is 13.3. The van der Waals surface area contributed by atoms with Crippen LogP contribution in [0.2, 0.25) is 5.02 Å². The first kappa shape index (κ1) is 25.3. The first-order valence-electron chi connectivity index (χ1n) is 12.0. The van der Waals surface area contributed by atoms with Crippen molar-refractivity contribution in [2.75, 3.05) is 17.7 Å². The van der Waals surface area contributed by atoms with Gasteiger partial charge in [0.25, 0.3) is 5.91 Å². The van der Waals surface area contributed by atoms with Gasteiger partial charge in [0.05, 0.1) is 12.7 Å². The summed E-state index contributed by atoms with van der Waals surface area (Å²) in [7, 11) is 1.57. The zero-order chi connectivity index (χ0) is 26.8. The molecule has 9 nitrogen and oxygen atoms in total. The number of carbonyl (C=O) groups is 1. The Morgan fingerprint density at radius 2 is 1.89 bits per heavy atom. The van der Waals surface area contributed by atoms with Crippen LogP contribution in [-0.4, -0.2) is 33.2 Å². The smallest absolute Gasteiger partial charge is 0.255 e. The lowest BCUT2D eigenvalue weighted by Gasteiger charge is -2.28. The number of tetrazole rings is 1. The van der Waals surface area contributed by atoms with E-state index in [0.29, 0.717) is 33.7 Å². The number of allylic oxidation sites excluding steroid dienone is 1. The quantitative estimate of drug-likeness (QED) is 0.327. The predicted octanol–water partition coefficient (Wildman–Crippen LogP) is 5.46. The summed E-state index contributed by atoms with van der Waals surface area (Å²) in [5.41, 5.74) is 5.59. The Kier molecular flexibility index (Phi) is 7.02. The number of aryl methyl sites for hydroxylation is 2. The molecule has 0 radical (unpaired) electrons. The Balaban J connectivity index is 1.48. The van der Waals surface area contributed by atoms with Gasteiger partial charge in [0, 0.05) is 22.0 Å². The molecule has 1 aliphatic heterocycles. The van der Waals surface area contributed by atoms with Gasteiger partial charge in [-0.25, -0.2) is 0 Å². The van der Waals surface area contributed by atoms with E-state index in [9.17, 15) is 4.79 Å². The molecule has 0 saturated heterocycles. The summed E-state index contributed by atoms with van der Waals surface area (Å²) in [5, 5.41) is 18.9. The number of aromatic nitrogens is 4. The maximum absolute atomic E-state index is 13.7. The fraction of sp³-hybridized carbons (Fsp3) is 0.214. The average Bonchev–Trinajstić information content (AvgIpc) is 3.37. The maximum Gasteiger partial charge on any atom is 0.255 e. The van der Waals surface area contributed by atoms with Crippen LogP contribution >= 0.6 is 11.6 Å². The second kappa shape index (κ2) is 10.5. The van der Waals surface area contributed by atoms with Gasteiger partial charge in [0.2, 0.25) is 5.95 Å². The minimum absolute atomic E-state index is 0.258. The number of amides is 1. The molecule has 2 N–H and O–H groups in total. The number of ether oxygens (including phenoxy) is 2. The van der Waals surface area contributed by atoms with E-state index in [1.807, 2.05) is 81.4 Å². The topological polar surface area (TPSA) is 103 Å². The first-order chi connectivity index (χ1) is 18.4. The van der Waals surface area contributed by atoms with Crippen LogP contribution in [0.4, 0.5) is 11.6 Å². The lowest BCUT2D eigenvalue weighted by Crippen LogP contribution is -2.31. The molecular weight excluding hydrogens is 504 g/mol. The molecule has 0 aliphatic carbocycles. The molecule has 10 heteroatoms. The zero-order valence-electron chi connectivity index (χ0n) is 21.4. The largest absolute Gasteiger partial charge is 0.493 e. The van der Waals surface area contributed by atoms with Crippen molar-refractivity contribution in [1.82, 2.24) is 20.2 Å². The number of fused-ring (bicyclic) bond motifs is 1. The van der Waals surface area contributed by atoms with Gasteiger partial charge in [-0.2, -0.15) is 4.68 Å². The van der Waals surface area contributed by atoms with Crippen LogP contribution < -0.4 is 20.1 Å². The van der Waals surface area contributed by atoms with Crippen molar-refractivity contribution >= 4 is 29.1 Å². The van der Waals surface area contributed by atoms with Gasteiger partial charge >= 0.3 is 0 Å². The maximum atomic E-state index is 13.7. The molecule has 0 unspecified atom stereocenters. The molecule has 4 aromatic rings. The monoisotopic (exact) mass is 530 g/mol. The van der Waals surface area contributed by atoms with Crippen molar-refractivity contribution in [2.24, 2.45) is 0 Å². The normalized spacial score (nSPS) is 14.5. The number of nitrogens with zero attached hydrogens (tertiary/aromatic N) is 4. The molecule has 1 atom stereocenters. The molecular formula is C28H27ClN6O3. The van der Waals surface area contributed by atoms with Gasteiger partial charge in [-0.1, -0.05) is 58.7 Å². The number of halogens is 1. The number of hydrogen-bond acceptors (Lipinski definition) is 7. The minimum atomic E-state index is -0.599. The van der Waals surface area contributed by atoms with E-state index in [1.54, 1.807) is 11.8 Å². The molecule has 0 saturated carbocycles.